The van der Waals surface area contributed by atoms with Crippen molar-refractivity contribution in [1.29, 1.82) is 0 Å². The molecular formula is C25H29N3O. The van der Waals surface area contributed by atoms with Gasteiger partial charge in [0.15, 0.2) is 5.82 Å². The van der Waals surface area contributed by atoms with Crippen LogP contribution in [-0.2, 0) is 4.79 Å². The standard InChI is InChI=1S/C25H29N3O/c1-17-9-5-6-10-20(17)23-26-22-12-8-7-11-21(22)24(27-23)28-15-18(16-28)13-19(29)14-25(2,3)4/h5-12,18H,13-16H2,1-4H3. The molecule has 0 unspecified atom stereocenters. The molecule has 0 N–H and O–H groups in total. The molecule has 1 fully saturated rings. The van der Waals surface area contributed by atoms with Crippen LogP contribution < -0.4 is 4.90 Å². The van der Waals surface area contributed by atoms with Crippen LogP contribution in [0.4, 0.5) is 5.82 Å². The van der Waals surface area contributed by atoms with E-state index in [4.69, 9.17) is 9.97 Å². The smallest absolute Gasteiger partial charge is 0.162 e. The molecule has 4 rings (SSSR count). The van der Waals surface area contributed by atoms with E-state index in [1.807, 2.05) is 30.3 Å². The molecule has 1 aromatic heterocycles. The second-order valence-electron chi connectivity index (χ2n) is 9.45. The number of anilines is 1. The minimum atomic E-state index is 0.0613. The van der Waals surface area contributed by atoms with Crippen molar-refractivity contribution in [3.63, 3.8) is 0 Å². The van der Waals surface area contributed by atoms with E-state index in [1.54, 1.807) is 0 Å². The van der Waals surface area contributed by atoms with Crippen molar-refractivity contribution in [1.82, 2.24) is 9.97 Å². The second-order valence-corrected chi connectivity index (χ2v) is 9.45. The molecule has 0 bridgehead atoms. The van der Waals surface area contributed by atoms with E-state index in [1.165, 1.54) is 5.56 Å². The first-order valence-corrected chi connectivity index (χ1v) is 10.4. The topological polar surface area (TPSA) is 46.1 Å². The molecule has 0 saturated carbocycles. The fourth-order valence-electron chi connectivity index (χ4n) is 4.10. The zero-order valence-electron chi connectivity index (χ0n) is 17.8. The van der Waals surface area contributed by atoms with Gasteiger partial charge in [-0.3, -0.25) is 4.79 Å². The van der Waals surface area contributed by atoms with Crippen LogP contribution >= 0.6 is 0 Å². The number of hydrogen-bond acceptors (Lipinski definition) is 4. The third-order valence-electron chi connectivity index (χ3n) is 5.47. The first kappa shape index (κ1) is 19.6. The molecule has 150 valence electrons. The molecule has 3 aromatic rings. The third-order valence-corrected chi connectivity index (χ3v) is 5.47. The van der Waals surface area contributed by atoms with E-state index in [0.29, 0.717) is 24.5 Å². The minimum absolute atomic E-state index is 0.0613. The number of benzene rings is 2. The van der Waals surface area contributed by atoms with Crippen LogP contribution in [0.2, 0.25) is 0 Å². The van der Waals surface area contributed by atoms with Crippen molar-refractivity contribution in [3.8, 4) is 11.4 Å². The maximum absolute atomic E-state index is 12.3. The monoisotopic (exact) mass is 387 g/mol. The van der Waals surface area contributed by atoms with E-state index < -0.39 is 0 Å². The molecule has 0 amide bonds. The van der Waals surface area contributed by atoms with Crippen molar-refractivity contribution < 1.29 is 4.79 Å². The van der Waals surface area contributed by atoms with Gasteiger partial charge in [-0.15, -0.1) is 0 Å². The van der Waals surface area contributed by atoms with Crippen molar-refractivity contribution in [2.45, 2.75) is 40.5 Å². The Morgan fingerprint density at radius 3 is 2.45 bits per heavy atom. The number of carbonyl (C=O) groups is 1. The summed E-state index contributed by atoms with van der Waals surface area (Å²) in [6.45, 7) is 10.2. The maximum Gasteiger partial charge on any atom is 0.162 e. The van der Waals surface area contributed by atoms with E-state index in [-0.39, 0.29) is 5.41 Å². The summed E-state index contributed by atoms with van der Waals surface area (Å²) in [5.41, 5.74) is 3.26. The Bertz CT molecular complexity index is 1050. The van der Waals surface area contributed by atoms with Gasteiger partial charge in [-0.25, -0.2) is 9.97 Å². The number of aryl methyl sites for hydroxylation is 1. The molecule has 0 aliphatic carbocycles. The number of ketones is 1. The highest BCUT2D eigenvalue weighted by Gasteiger charge is 2.32. The van der Waals surface area contributed by atoms with E-state index in [2.05, 4.69) is 50.8 Å². The minimum Gasteiger partial charge on any atom is -0.355 e. The molecule has 2 heterocycles. The summed E-state index contributed by atoms with van der Waals surface area (Å²) < 4.78 is 0. The molecule has 1 saturated heterocycles. The highest BCUT2D eigenvalue weighted by molar-refractivity contribution is 5.91. The lowest BCUT2D eigenvalue weighted by Crippen LogP contribution is -2.48. The molecule has 4 heteroatoms. The lowest BCUT2D eigenvalue weighted by atomic mass is 9.85. The Hall–Kier alpha value is -2.75. The van der Waals surface area contributed by atoms with E-state index in [9.17, 15) is 4.79 Å². The molecule has 4 nitrogen and oxygen atoms in total. The fourth-order valence-corrected chi connectivity index (χ4v) is 4.10. The molecule has 2 aromatic carbocycles. The summed E-state index contributed by atoms with van der Waals surface area (Å²) in [4.78, 5) is 24.4. The average Bonchev–Trinajstić information content (AvgIpc) is 2.62. The molecule has 0 radical (unpaired) electrons. The van der Waals surface area contributed by atoms with Gasteiger partial charge < -0.3 is 4.90 Å². The number of para-hydroxylation sites is 1. The van der Waals surface area contributed by atoms with Gasteiger partial charge in [-0.1, -0.05) is 57.2 Å². The predicted octanol–water partition coefficient (Wildman–Crippen LogP) is 5.44. The Morgan fingerprint density at radius 2 is 1.72 bits per heavy atom. The normalized spacial score (nSPS) is 14.8. The molecular weight excluding hydrogens is 358 g/mol. The van der Waals surface area contributed by atoms with Crippen LogP contribution in [0.25, 0.3) is 22.3 Å². The molecule has 29 heavy (non-hydrogen) atoms. The summed E-state index contributed by atoms with van der Waals surface area (Å²) in [5.74, 6) is 2.54. The van der Waals surface area contributed by atoms with Gasteiger partial charge in [0.2, 0.25) is 0 Å². The van der Waals surface area contributed by atoms with Crippen molar-refractivity contribution in [2.75, 3.05) is 18.0 Å². The lowest BCUT2D eigenvalue weighted by molar-refractivity contribution is -0.121. The van der Waals surface area contributed by atoms with Gasteiger partial charge in [0.1, 0.15) is 11.6 Å². The number of Topliss-reactive ketones (excluding diaryl/α,β-unsaturated/α-hetero) is 1. The van der Waals surface area contributed by atoms with Crippen molar-refractivity contribution in [2.24, 2.45) is 11.3 Å². The van der Waals surface area contributed by atoms with Crippen LogP contribution in [0, 0.1) is 18.3 Å². The van der Waals surface area contributed by atoms with Crippen LogP contribution in [0.15, 0.2) is 48.5 Å². The molecule has 0 spiro atoms. The van der Waals surface area contributed by atoms with Gasteiger partial charge >= 0.3 is 0 Å². The van der Waals surface area contributed by atoms with Crippen molar-refractivity contribution in [3.05, 3.63) is 54.1 Å². The number of rotatable bonds is 5. The zero-order valence-corrected chi connectivity index (χ0v) is 17.8. The van der Waals surface area contributed by atoms with Crippen molar-refractivity contribution >= 4 is 22.5 Å². The third kappa shape index (κ3) is 4.31. The fraction of sp³-hybridized carbons (Fsp3) is 0.400. The predicted molar refractivity (Wildman–Crippen MR) is 119 cm³/mol. The Labute approximate surface area is 173 Å². The molecule has 1 aliphatic rings. The van der Waals surface area contributed by atoms with Crippen LogP contribution in [0.3, 0.4) is 0 Å². The first-order chi connectivity index (χ1) is 13.8. The second kappa shape index (κ2) is 7.58. The van der Waals surface area contributed by atoms with Gasteiger partial charge in [0, 0.05) is 42.8 Å². The Balaban J connectivity index is 1.58. The summed E-state index contributed by atoms with van der Waals surface area (Å²) in [6, 6.07) is 16.4. The lowest BCUT2D eigenvalue weighted by Gasteiger charge is -2.40. The highest BCUT2D eigenvalue weighted by Crippen LogP contribution is 2.34. The summed E-state index contributed by atoms with van der Waals surface area (Å²) in [6.07, 6.45) is 1.32. The first-order valence-electron chi connectivity index (χ1n) is 10.4. The van der Waals surface area contributed by atoms with E-state index in [0.717, 1.165) is 41.2 Å². The number of aromatic nitrogens is 2. The number of hydrogen-bond donors (Lipinski definition) is 0. The molecule has 0 atom stereocenters. The summed E-state index contributed by atoms with van der Waals surface area (Å²) >= 11 is 0. The summed E-state index contributed by atoms with van der Waals surface area (Å²) in [7, 11) is 0. The Morgan fingerprint density at radius 1 is 1.03 bits per heavy atom. The quantitative estimate of drug-likeness (QED) is 0.585. The van der Waals surface area contributed by atoms with Gasteiger partial charge in [0.25, 0.3) is 0 Å². The zero-order chi connectivity index (χ0) is 20.6. The number of fused-ring (bicyclic) bond motifs is 1. The van der Waals surface area contributed by atoms with Crippen LogP contribution in [-0.4, -0.2) is 28.8 Å². The average molecular weight is 388 g/mol. The highest BCUT2D eigenvalue weighted by atomic mass is 16.1. The van der Waals surface area contributed by atoms with E-state index >= 15 is 0 Å². The number of nitrogens with zero attached hydrogens (tertiary/aromatic N) is 3. The van der Waals surface area contributed by atoms with Gasteiger partial charge in [-0.05, 0) is 30.0 Å². The largest absolute Gasteiger partial charge is 0.355 e. The number of carbonyl (C=O) groups excluding carboxylic acids is 1. The maximum atomic E-state index is 12.3. The van der Waals surface area contributed by atoms with Crippen LogP contribution in [0.1, 0.15) is 39.2 Å². The molecule has 1 aliphatic heterocycles. The van der Waals surface area contributed by atoms with Gasteiger partial charge in [-0.2, -0.15) is 0 Å². The Kier molecular flexibility index (Phi) is 5.12. The summed E-state index contributed by atoms with van der Waals surface area (Å²) in [5, 5.41) is 1.07. The van der Waals surface area contributed by atoms with Gasteiger partial charge in [0.05, 0.1) is 5.52 Å². The van der Waals surface area contributed by atoms with Crippen LogP contribution in [0.5, 0.6) is 0 Å². The SMILES string of the molecule is Cc1ccccc1-c1nc(N2CC(CC(=O)CC(C)(C)C)C2)c2ccccc2n1.